The van der Waals surface area contributed by atoms with Crippen LogP contribution in [0.5, 0.6) is 0 Å². The Balaban J connectivity index is 1.81. The predicted octanol–water partition coefficient (Wildman–Crippen LogP) is 0.708. The Morgan fingerprint density at radius 2 is 1.64 bits per heavy atom. The Morgan fingerprint density at radius 1 is 1.00 bits per heavy atom. The van der Waals surface area contributed by atoms with Crippen LogP contribution in [-0.4, -0.2) is 67.0 Å². The number of rotatable bonds is 5. The van der Waals surface area contributed by atoms with Crippen molar-refractivity contribution in [2.75, 3.05) is 26.2 Å². The van der Waals surface area contributed by atoms with Crippen molar-refractivity contribution < 1.29 is 21.6 Å². The molecule has 28 heavy (non-hydrogen) atoms. The molecule has 0 bridgehead atoms. The van der Waals surface area contributed by atoms with E-state index in [9.17, 15) is 21.6 Å². The van der Waals surface area contributed by atoms with E-state index < -0.39 is 20.0 Å². The van der Waals surface area contributed by atoms with Crippen molar-refractivity contribution in [1.29, 1.82) is 0 Å². The largest absolute Gasteiger partial charge is 0.339 e. The van der Waals surface area contributed by atoms with Crippen molar-refractivity contribution >= 4 is 25.8 Å². The standard InChI is InChI=1S/C17H22N4O5S2/c1-14(22)15-5-3-6-16(11-15)27(23,24)20-7-4-8-21(10-9-20)28(25,26)17-12-19(2)13-18-17/h3,5-6,11-13H,4,7-10H2,1-2H3. The summed E-state index contributed by atoms with van der Waals surface area (Å²) in [7, 11) is -5.93. The summed E-state index contributed by atoms with van der Waals surface area (Å²) in [6.07, 6.45) is 3.18. The molecule has 1 aromatic carbocycles. The average Bonchev–Trinajstić information content (AvgIpc) is 2.93. The zero-order chi connectivity index (χ0) is 20.5. The van der Waals surface area contributed by atoms with E-state index in [-0.39, 0.29) is 41.9 Å². The Labute approximate surface area is 164 Å². The van der Waals surface area contributed by atoms with Crippen molar-refractivity contribution in [3.05, 3.63) is 42.4 Å². The number of ketones is 1. The van der Waals surface area contributed by atoms with E-state index in [0.29, 0.717) is 12.0 Å². The Bertz CT molecular complexity index is 1090. The number of sulfonamides is 2. The van der Waals surface area contributed by atoms with E-state index in [4.69, 9.17) is 0 Å². The Hall–Kier alpha value is -2.08. The van der Waals surface area contributed by atoms with E-state index >= 15 is 0 Å². The van der Waals surface area contributed by atoms with E-state index in [2.05, 4.69) is 4.98 Å². The number of aryl methyl sites for hydroxylation is 1. The highest BCUT2D eigenvalue weighted by molar-refractivity contribution is 7.89. The lowest BCUT2D eigenvalue weighted by Crippen LogP contribution is -2.37. The van der Waals surface area contributed by atoms with Crippen molar-refractivity contribution in [3.63, 3.8) is 0 Å². The SMILES string of the molecule is CC(=O)c1cccc(S(=O)(=O)N2CCCN(S(=O)(=O)c3cn(C)cn3)CC2)c1. The third-order valence-electron chi connectivity index (χ3n) is 4.58. The summed E-state index contributed by atoms with van der Waals surface area (Å²) >= 11 is 0. The fourth-order valence-electron chi connectivity index (χ4n) is 3.03. The first-order valence-electron chi connectivity index (χ1n) is 8.71. The molecule has 0 unspecified atom stereocenters. The number of benzene rings is 1. The van der Waals surface area contributed by atoms with Crippen LogP contribution < -0.4 is 0 Å². The van der Waals surface area contributed by atoms with Gasteiger partial charge in [0.2, 0.25) is 10.0 Å². The molecule has 0 N–H and O–H groups in total. The smallest absolute Gasteiger partial charge is 0.262 e. The van der Waals surface area contributed by atoms with Crippen LogP contribution in [0, 0.1) is 0 Å². The molecule has 0 saturated carbocycles. The molecule has 9 nitrogen and oxygen atoms in total. The van der Waals surface area contributed by atoms with Crippen LogP contribution in [0.15, 0.2) is 46.7 Å². The van der Waals surface area contributed by atoms with Crippen LogP contribution in [0.2, 0.25) is 0 Å². The highest BCUT2D eigenvalue weighted by Crippen LogP contribution is 2.21. The van der Waals surface area contributed by atoms with Gasteiger partial charge < -0.3 is 4.57 Å². The normalized spacial score (nSPS) is 17.4. The fraction of sp³-hybridized carbons (Fsp3) is 0.412. The van der Waals surface area contributed by atoms with Crippen LogP contribution in [0.4, 0.5) is 0 Å². The lowest BCUT2D eigenvalue weighted by Gasteiger charge is -2.21. The average molecular weight is 427 g/mol. The van der Waals surface area contributed by atoms with Crippen molar-refractivity contribution in [2.45, 2.75) is 23.3 Å². The van der Waals surface area contributed by atoms with Gasteiger partial charge in [-0.1, -0.05) is 12.1 Å². The second-order valence-corrected chi connectivity index (χ2v) is 10.4. The summed E-state index contributed by atoms with van der Waals surface area (Å²) in [5.41, 5.74) is 0.315. The summed E-state index contributed by atoms with van der Waals surface area (Å²) in [5.74, 6) is -0.222. The summed E-state index contributed by atoms with van der Waals surface area (Å²) < 4.78 is 55.5. The van der Waals surface area contributed by atoms with Gasteiger partial charge in [0.15, 0.2) is 10.8 Å². The minimum atomic E-state index is -3.83. The van der Waals surface area contributed by atoms with Crippen molar-refractivity contribution in [3.8, 4) is 0 Å². The number of imidazole rings is 1. The van der Waals surface area contributed by atoms with Gasteiger partial charge in [-0.2, -0.15) is 8.61 Å². The second-order valence-electron chi connectivity index (χ2n) is 6.62. The second kappa shape index (κ2) is 7.74. The molecule has 1 aliphatic rings. The number of nitrogens with zero attached hydrogens (tertiary/aromatic N) is 4. The van der Waals surface area contributed by atoms with Gasteiger partial charge in [0, 0.05) is 45.0 Å². The van der Waals surface area contributed by atoms with E-state index in [1.165, 1.54) is 46.3 Å². The number of carbonyl (C=O) groups excluding carboxylic acids is 1. The number of aromatic nitrogens is 2. The first-order valence-corrected chi connectivity index (χ1v) is 11.6. The topological polar surface area (TPSA) is 110 Å². The van der Waals surface area contributed by atoms with Crippen molar-refractivity contribution in [1.82, 2.24) is 18.2 Å². The number of hydrogen-bond donors (Lipinski definition) is 0. The molecule has 0 radical (unpaired) electrons. The maximum Gasteiger partial charge on any atom is 0.262 e. The molecule has 0 spiro atoms. The third-order valence-corrected chi connectivity index (χ3v) is 8.26. The molecule has 152 valence electrons. The summed E-state index contributed by atoms with van der Waals surface area (Å²) in [6, 6.07) is 5.88. The molecule has 2 aromatic rings. The number of Topliss-reactive ketones (excluding diaryl/α,β-unsaturated/α-hetero) is 1. The van der Waals surface area contributed by atoms with Gasteiger partial charge >= 0.3 is 0 Å². The van der Waals surface area contributed by atoms with Crippen LogP contribution in [-0.2, 0) is 27.1 Å². The summed E-state index contributed by atoms with van der Waals surface area (Å²) in [5, 5.41) is -0.0551. The van der Waals surface area contributed by atoms with Gasteiger partial charge in [-0.15, -0.1) is 0 Å². The monoisotopic (exact) mass is 426 g/mol. The van der Waals surface area contributed by atoms with E-state index in [0.717, 1.165) is 0 Å². The molecule has 0 aliphatic carbocycles. The molecule has 1 saturated heterocycles. The fourth-order valence-corrected chi connectivity index (χ4v) is 5.98. The maximum atomic E-state index is 13.0. The quantitative estimate of drug-likeness (QED) is 0.651. The van der Waals surface area contributed by atoms with Gasteiger partial charge in [0.1, 0.15) is 0 Å². The molecule has 0 atom stereocenters. The minimum Gasteiger partial charge on any atom is -0.339 e. The van der Waals surface area contributed by atoms with Crippen molar-refractivity contribution in [2.24, 2.45) is 7.05 Å². The first kappa shape index (κ1) is 20.6. The molecule has 0 amide bonds. The highest BCUT2D eigenvalue weighted by atomic mass is 32.2. The first-order chi connectivity index (χ1) is 13.1. The third kappa shape index (κ3) is 4.02. The molecular formula is C17H22N4O5S2. The van der Waals surface area contributed by atoms with Gasteiger partial charge in [0.25, 0.3) is 10.0 Å². The molecule has 11 heteroatoms. The van der Waals surface area contributed by atoms with Crippen LogP contribution in [0.1, 0.15) is 23.7 Å². The molecule has 1 aromatic heterocycles. The maximum absolute atomic E-state index is 13.0. The lowest BCUT2D eigenvalue weighted by atomic mass is 10.2. The Morgan fingerprint density at radius 3 is 2.21 bits per heavy atom. The van der Waals surface area contributed by atoms with Crippen LogP contribution in [0.25, 0.3) is 0 Å². The number of carbonyl (C=O) groups is 1. The van der Waals surface area contributed by atoms with E-state index in [1.807, 2.05) is 0 Å². The van der Waals surface area contributed by atoms with Gasteiger partial charge in [-0.25, -0.2) is 21.8 Å². The molecule has 1 aliphatic heterocycles. The van der Waals surface area contributed by atoms with Gasteiger partial charge in [-0.3, -0.25) is 4.79 Å². The zero-order valence-corrected chi connectivity index (χ0v) is 17.3. The summed E-state index contributed by atoms with van der Waals surface area (Å²) in [6.45, 7) is 1.83. The number of hydrogen-bond acceptors (Lipinski definition) is 6. The highest BCUT2D eigenvalue weighted by Gasteiger charge is 2.32. The summed E-state index contributed by atoms with van der Waals surface area (Å²) in [4.78, 5) is 15.5. The molecule has 2 heterocycles. The molecule has 3 rings (SSSR count). The molecule has 1 fully saturated rings. The van der Waals surface area contributed by atoms with Crippen LogP contribution in [0.3, 0.4) is 0 Å². The van der Waals surface area contributed by atoms with E-state index in [1.54, 1.807) is 17.7 Å². The Kier molecular flexibility index (Phi) is 5.71. The molecular weight excluding hydrogens is 404 g/mol. The lowest BCUT2D eigenvalue weighted by molar-refractivity contribution is 0.101. The minimum absolute atomic E-state index is 0.0265. The predicted molar refractivity (Wildman–Crippen MR) is 102 cm³/mol. The van der Waals surface area contributed by atoms with Gasteiger partial charge in [-0.05, 0) is 25.5 Å². The van der Waals surface area contributed by atoms with Gasteiger partial charge in [0.05, 0.1) is 11.2 Å². The van der Waals surface area contributed by atoms with Crippen LogP contribution >= 0.6 is 0 Å². The zero-order valence-electron chi connectivity index (χ0n) is 15.6.